The van der Waals surface area contributed by atoms with Gasteiger partial charge in [0, 0.05) is 18.9 Å². The number of aliphatic carboxylic acids is 2. The summed E-state index contributed by atoms with van der Waals surface area (Å²) < 4.78 is 0. The van der Waals surface area contributed by atoms with Crippen LogP contribution >= 0.6 is 0 Å². The Kier molecular flexibility index (Phi) is 6.06. The number of hydrazine groups is 1. The Morgan fingerprint density at radius 1 is 1.14 bits per heavy atom. The van der Waals surface area contributed by atoms with Gasteiger partial charge in [0.1, 0.15) is 0 Å². The fourth-order valence-corrected chi connectivity index (χ4v) is 1.78. The Morgan fingerprint density at radius 3 is 2.18 bits per heavy atom. The fourth-order valence-electron chi connectivity index (χ4n) is 1.78. The molecule has 0 heterocycles. The predicted octanol–water partition coefficient (Wildman–Crippen LogP) is 0.498. The predicted molar refractivity (Wildman–Crippen MR) is 74.7 cm³/mol. The van der Waals surface area contributed by atoms with E-state index in [0.29, 0.717) is 5.01 Å². The molecule has 2 amide bonds. The summed E-state index contributed by atoms with van der Waals surface area (Å²) in [4.78, 5) is 45.6. The molecule has 1 rings (SSSR count). The molecule has 118 valence electrons. The van der Waals surface area contributed by atoms with Gasteiger partial charge in [-0.1, -0.05) is 18.2 Å². The van der Waals surface area contributed by atoms with Crippen LogP contribution in [-0.2, 0) is 14.4 Å². The number of carboxylic acid groups (broad SMARTS) is 2. The average molecular weight is 308 g/mol. The highest BCUT2D eigenvalue weighted by Crippen LogP contribution is 2.11. The summed E-state index contributed by atoms with van der Waals surface area (Å²) in [5, 5.41) is 18.6. The lowest BCUT2D eigenvalue weighted by atomic mass is 10.1. The van der Waals surface area contributed by atoms with E-state index in [-0.39, 0.29) is 12.0 Å². The van der Waals surface area contributed by atoms with Crippen LogP contribution in [0.25, 0.3) is 0 Å². The number of hydrogen-bond donors (Lipinski definition) is 3. The molecule has 0 saturated carbocycles. The first-order valence-electron chi connectivity index (χ1n) is 6.43. The first-order chi connectivity index (χ1) is 10.3. The van der Waals surface area contributed by atoms with E-state index in [1.165, 1.54) is 12.1 Å². The maximum Gasteiger partial charge on any atom is 0.328 e. The van der Waals surface area contributed by atoms with Crippen molar-refractivity contribution in [3.05, 3.63) is 35.9 Å². The molecule has 3 N–H and O–H groups in total. The molecule has 8 heteroatoms. The van der Waals surface area contributed by atoms with E-state index < -0.39 is 36.2 Å². The van der Waals surface area contributed by atoms with Crippen LogP contribution in [0.15, 0.2) is 30.3 Å². The van der Waals surface area contributed by atoms with E-state index in [0.717, 1.165) is 6.92 Å². The van der Waals surface area contributed by atoms with Crippen LogP contribution in [0.1, 0.15) is 30.1 Å². The maximum absolute atomic E-state index is 12.4. The summed E-state index contributed by atoms with van der Waals surface area (Å²) in [5.41, 5.74) is 2.33. The number of amides is 2. The summed E-state index contributed by atoms with van der Waals surface area (Å²) >= 11 is 0. The van der Waals surface area contributed by atoms with Gasteiger partial charge in [0.25, 0.3) is 5.91 Å². The molecular formula is C14H16N2O6. The third-order valence-electron chi connectivity index (χ3n) is 2.75. The van der Waals surface area contributed by atoms with Crippen molar-refractivity contribution in [1.82, 2.24) is 10.4 Å². The normalized spacial score (nSPS) is 11.3. The summed E-state index contributed by atoms with van der Waals surface area (Å²) in [6, 6.07) is 6.31. The molecule has 0 fully saturated rings. The third-order valence-corrected chi connectivity index (χ3v) is 2.75. The molecule has 0 bridgehead atoms. The number of nitrogens with zero attached hydrogens (tertiary/aromatic N) is 1. The minimum absolute atomic E-state index is 0.179. The largest absolute Gasteiger partial charge is 0.481 e. The van der Waals surface area contributed by atoms with Gasteiger partial charge < -0.3 is 10.2 Å². The molecule has 0 aliphatic heterocycles. The second-order valence-electron chi connectivity index (χ2n) is 4.50. The zero-order valence-corrected chi connectivity index (χ0v) is 11.9. The first kappa shape index (κ1) is 17.2. The molecule has 1 unspecified atom stereocenters. The van der Waals surface area contributed by atoms with Gasteiger partial charge in [-0.3, -0.25) is 19.8 Å². The number of carbonyl (C=O) groups excluding carboxylic acids is 2. The standard InChI is InChI=1S/C14H16N2O6/c1-9(17)15-16(11(14(21)22)7-8-12(18)19)13(20)10-5-3-2-4-6-10/h2-6,11H,7-8H2,1H3,(H,15,17)(H,18,19)(H,21,22). The quantitative estimate of drug-likeness (QED) is 0.657. The topological polar surface area (TPSA) is 124 Å². The van der Waals surface area contributed by atoms with Crippen LogP contribution in [0.5, 0.6) is 0 Å². The molecule has 1 atom stereocenters. The zero-order chi connectivity index (χ0) is 16.7. The molecule has 22 heavy (non-hydrogen) atoms. The van der Waals surface area contributed by atoms with Crippen molar-refractivity contribution in [3.8, 4) is 0 Å². The molecule has 0 aliphatic rings. The smallest absolute Gasteiger partial charge is 0.328 e. The lowest BCUT2D eigenvalue weighted by molar-refractivity contribution is -0.145. The minimum Gasteiger partial charge on any atom is -0.481 e. The van der Waals surface area contributed by atoms with Crippen LogP contribution < -0.4 is 5.43 Å². The molecule has 8 nitrogen and oxygen atoms in total. The van der Waals surface area contributed by atoms with Crippen LogP contribution in [0.2, 0.25) is 0 Å². The van der Waals surface area contributed by atoms with Gasteiger partial charge in [0.15, 0.2) is 6.04 Å². The lowest BCUT2D eigenvalue weighted by Gasteiger charge is -2.28. The summed E-state index contributed by atoms with van der Waals surface area (Å²) in [5.74, 6) is -3.96. The molecule has 0 spiro atoms. The Balaban J connectivity index is 3.07. The van der Waals surface area contributed by atoms with Gasteiger partial charge in [0.2, 0.25) is 5.91 Å². The first-order valence-corrected chi connectivity index (χ1v) is 6.43. The maximum atomic E-state index is 12.4. The van der Waals surface area contributed by atoms with E-state index in [4.69, 9.17) is 5.11 Å². The van der Waals surface area contributed by atoms with Crippen LogP contribution in [-0.4, -0.2) is 45.0 Å². The highest BCUT2D eigenvalue weighted by Gasteiger charge is 2.31. The second kappa shape index (κ2) is 7.77. The average Bonchev–Trinajstić information content (AvgIpc) is 2.45. The second-order valence-corrected chi connectivity index (χ2v) is 4.50. The molecule has 0 aliphatic carbocycles. The van der Waals surface area contributed by atoms with E-state index >= 15 is 0 Å². The Morgan fingerprint density at radius 2 is 1.73 bits per heavy atom. The number of nitrogens with one attached hydrogen (secondary N) is 1. The monoisotopic (exact) mass is 308 g/mol. The highest BCUT2D eigenvalue weighted by molar-refractivity contribution is 5.97. The Labute approximate surface area is 126 Å². The van der Waals surface area contributed by atoms with Crippen LogP contribution in [0.3, 0.4) is 0 Å². The zero-order valence-electron chi connectivity index (χ0n) is 11.9. The summed E-state index contributed by atoms with van der Waals surface area (Å²) in [6.07, 6.45) is -0.779. The summed E-state index contributed by atoms with van der Waals surface area (Å²) in [7, 11) is 0. The van der Waals surface area contributed by atoms with E-state index in [1.807, 2.05) is 0 Å². The van der Waals surface area contributed by atoms with E-state index in [1.54, 1.807) is 18.2 Å². The van der Waals surface area contributed by atoms with Crippen molar-refractivity contribution in [3.63, 3.8) is 0 Å². The van der Waals surface area contributed by atoms with Crippen molar-refractivity contribution in [2.45, 2.75) is 25.8 Å². The molecule has 0 aromatic heterocycles. The number of rotatable bonds is 6. The minimum atomic E-state index is -1.48. The number of benzene rings is 1. The summed E-state index contributed by atoms with van der Waals surface area (Å²) in [6.45, 7) is 1.13. The van der Waals surface area contributed by atoms with Gasteiger partial charge in [-0.25, -0.2) is 9.80 Å². The van der Waals surface area contributed by atoms with Crippen molar-refractivity contribution in [1.29, 1.82) is 0 Å². The van der Waals surface area contributed by atoms with Gasteiger partial charge >= 0.3 is 11.9 Å². The Hall–Kier alpha value is -2.90. The molecular weight excluding hydrogens is 292 g/mol. The molecule has 1 aromatic carbocycles. The van der Waals surface area contributed by atoms with Crippen molar-refractivity contribution in [2.24, 2.45) is 0 Å². The van der Waals surface area contributed by atoms with Crippen molar-refractivity contribution >= 4 is 23.8 Å². The van der Waals surface area contributed by atoms with Gasteiger partial charge in [-0.15, -0.1) is 0 Å². The van der Waals surface area contributed by atoms with Gasteiger partial charge in [0.05, 0.1) is 0 Å². The molecule has 1 aromatic rings. The molecule has 0 saturated heterocycles. The van der Waals surface area contributed by atoms with E-state index in [2.05, 4.69) is 5.43 Å². The van der Waals surface area contributed by atoms with Crippen molar-refractivity contribution < 1.29 is 29.4 Å². The Bertz CT molecular complexity index is 572. The SMILES string of the molecule is CC(=O)NN(C(=O)c1ccccc1)C(CCC(=O)O)C(=O)O. The third kappa shape index (κ3) is 4.89. The van der Waals surface area contributed by atoms with Crippen LogP contribution in [0, 0.1) is 0 Å². The van der Waals surface area contributed by atoms with Gasteiger partial charge in [-0.2, -0.15) is 0 Å². The lowest BCUT2D eigenvalue weighted by Crippen LogP contribution is -2.54. The number of hydrogen-bond acceptors (Lipinski definition) is 4. The highest BCUT2D eigenvalue weighted by atomic mass is 16.4. The number of carbonyl (C=O) groups is 4. The number of carboxylic acids is 2. The fraction of sp³-hybridized carbons (Fsp3) is 0.286. The van der Waals surface area contributed by atoms with Gasteiger partial charge in [-0.05, 0) is 18.6 Å². The van der Waals surface area contributed by atoms with Crippen LogP contribution in [0.4, 0.5) is 0 Å². The van der Waals surface area contributed by atoms with E-state index in [9.17, 15) is 24.3 Å². The van der Waals surface area contributed by atoms with Crippen molar-refractivity contribution in [2.75, 3.05) is 0 Å². The molecule has 0 radical (unpaired) electrons.